The number of aromatic nitrogens is 2. The van der Waals surface area contributed by atoms with Gasteiger partial charge < -0.3 is 29.4 Å². The third-order valence-corrected chi connectivity index (χ3v) is 6.10. The Morgan fingerprint density at radius 1 is 1.32 bits per heavy atom. The lowest BCUT2D eigenvalue weighted by Crippen LogP contribution is -2.41. The van der Waals surface area contributed by atoms with E-state index in [9.17, 15) is 14.7 Å². The van der Waals surface area contributed by atoms with Crippen LogP contribution in [0.25, 0.3) is 11.0 Å². The molecule has 1 aliphatic carbocycles. The van der Waals surface area contributed by atoms with Crippen molar-refractivity contribution in [1.82, 2.24) is 20.2 Å². The van der Waals surface area contributed by atoms with E-state index in [1.165, 1.54) is 24.5 Å². The van der Waals surface area contributed by atoms with Gasteiger partial charge in [-0.1, -0.05) is 18.2 Å². The molecule has 0 aromatic carbocycles. The third-order valence-electron chi connectivity index (χ3n) is 6.10. The number of hydrogen-bond donors (Lipinski definition) is 2. The summed E-state index contributed by atoms with van der Waals surface area (Å²) in [4.78, 5) is 35.0. The number of carbonyl (C=O) groups excluding carboxylic acids is 2. The number of aliphatic hydroxyl groups is 1. The molecule has 2 N–H and O–H groups in total. The Kier molecular flexibility index (Phi) is 7.04. The van der Waals surface area contributed by atoms with Crippen LogP contribution >= 0.6 is 0 Å². The Labute approximate surface area is 212 Å². The average Bonchev–Trinajstić information content (AvgIpc) is 3.32. The maximum absolute atomic E-state index is 12.6. The molecule has 1 fully saturated rings. The highest BCUT2D eigenvalue weighted by atomic mass is 16.6. The minimum atomic E-state index is -1.34. The zero-order valence-corrected chi connectivity index (χ0v) is 20.1. The minimum absolute atomic E-state index is 0.0219. The third kappa shape index (κ3) is 5.41. The molecule has 0 bridgehead atoms. The molecule has 4 heterocycles. The number of carbonyl (C=O) groups is 2. The molecular formula is C26H26N4O7. The highest BCUT2D eigenvalue weighted by Gasteiger charge is 2.36. The number of hydrogen-bond acceptors (Lipinski definition) is 9. The van der Waals surface area contributed by atoms with Gasteiger partial charge in [-0.15, -0.1) is 0 Å². The van der Waals surface area contributed by atoms with Crippen LogP contribution in [-0.2, 0) is 25.4 Å². The van der Waals surface area contributed by atoms with Gasteiger partial charge in [0.05, 0.1) is 31.2 Å². The number of allylic oxidation sites excluding steroid dienone is 4. The second kappa shape index (κ2) is 10.7. The van der Waals surface area contributed by atoms with Gasteiger partial charge in [0.15, 0.2) is 12.0 Å². The minimum Gasteiger partial charge on any atom is -0.481 e. The maximum atomic E-state index is 12.6. The highest BCUT2D eigenvalue weighted by Crippen LogP contribution is 2.29. The van der Waals surface area contributed by atoms with Crippen LogP contribution in [0.2, 0.25) is 0 Å². The smallest absolute Gasteiger partial charge is 0.417 e. The first-order valence-electron chi connectivity index (χ1n) is 11.8. The molecule has 37 heavy (non-hydrogen) atoms. The number of pyridine rings is 2. The summed E-state index contributed by atoms with van der Waals surface area (Å²) in [5.41, 5.74) is 2.79. The summed E-state index contributed by atoms with van der Waals surface area (Å²) in [5, 5.41) is 13.2. The maximum Gasteiger partial charge on any atom is 0.417 e. The van der Waals surface area contributed by atoms with Gasteiger partial charge in [0, 0.05) is 18.7 Å². The molecule has 2 aromatic rings. The molecule has 192 valence electrons. The number of cyclic esters (lactones) is 1. The predicted molar refractivity (Wildman–Crippen MR) is 131 cm³/mol. The fraction of sp³-hybridized carbons (Fsp3) is 0.308. The molecule has 3 aliphatic rings. The van der Waals surface area contributed by atoms with Gasteiger partial charge in [-0.2, -0.15) is 0 Å². The van der Waals surface area contributed by atoms with Crippen LogP contribution in [0.4, 0.5) is 4.79 Å². The molecule has 11 heteroatoms. The number of nitrogens with one attached hydrogen (secondary N) is 1. The first-order valence-corrected chi connectivity index (χ1v) is 11.8. The van der Waals surface area contributed by atoms with Crippen LogP contribution in [0, 0.1) is 0 Å². The quantitative estimate of drug-likeness (QED) is 0.554. The number of methoxy groups -OCH3 is 1. The number of fused-ring (bicyclic) bond motifs is 1. The summed E-state index contributed by atoms with van der Waals surface area (Å²) in [6.07, 6.45) is 9.51. The van der Waals surface area contributed by atoms with E-state index in [2.05, 4.69) is 21.4 Å². The molecule has 0 radical (unpaired) electrons. The van der Waals surface area contributed by atoms with Crippen molar-refractivity contribution in [2.75, 3.05) is 20.2 Å². The largest absolute Gasteiger partial charge is 0.481 e. The molecule has 11 nitrogen and oxygen atoms in total. The van der Waals surface area contributed by atoms with Gasteiger partial charge in [0.1, 0.15) is 18.5 Å². The predicted octanol–water partition coefficient (Wildman–Crippen LogP) is 2.44. The summed E-state index contributed by atoms with van der Waals surface area (Å²) < 4.78 is 21.8. The summed E-state index contributed by atoms with van der Waals surface area (Å²) >= 11 is 0. The topological polar surface area (TPSA) is 132 Å². The van der Waals surface area contributed by atoms with E-state index in [-0.39, 0.29) is 25.4 Å². The zero-order valence-electron chi connectivity index (χ0n) is 20.1. The lowest BCUT2D eigenvalue weighted by molar-refractivity contribution is -0.129. The number of ether oxygens (including phenoxy) is 4. The van der Waals surface area contributed by atoms with E-state index in [0.717, 1.165) is 18.4 Å². The van der Waals surface area contributed by atoms with Gasteiger partial charge >= 0.3 is 6.09 Å². The number of aliphatic hydroxyl groups excluding tert-OH is 1. The summed E-state index contributed by atoms with van der Waals surface area (Å²) in [6, 6.07) is 5.15. The first kappa shape index (κ1) is 24.3. The van der Waals surface area contributed by atoms with Crippen molar-refractivity contribution in [3.8, 4) is 5.88 Å². The lowest BCUT2D eigenvalue weighted by atomic mass is 10.0. The molecule has 5 rings (SSSR count). The Morgan fingerprint density at radius 3 is 3.03 bits per heavy atom. The van der Waals surface area contributed by atoms with Crippen LogP contribution < -0.4 is 10.1 Å². The van der Waals surface area contributed by atoms with Gasteiger partial charge in [0.2, 0.25) is 17.7 Å². The van der Waals surface area contributed by atoms with Crippen LogP contribution in [0.5, 0.6) is 5.88 Å². The Bertz CT molecular complexity index is 1330. The zero-order chi connectivity index (χ0) is 25.8. The van der Waals surface area contributed by atoms with Gasteiger partial charge in [0.25, 0.3) is 0 Å². The Hall–Kier alpha value is -4.38. The van der Waals surface area contributed by atoms with Gasteiger partial charge in [-0.05, 0) is 36.1 Å². The van der Waals surface area contributed by atoms with E-state index in [1.807, 2.05) is 12.2 Å². The SMILES string of the molecule is COc1ccc2nccc(CC(O)C(=O)NC[C@@H]3CN(C4=COC=C(C5=CC=CCC5)O4)C(=O)O3)c2n1. The van der Waals surface area contributed by atoms with E-state index in [1.54, 1.807) is 24.4 Å². The van der Waals surface area contributed by atoms with E-state index in [4.69, 9.17) is 18.9 Å². The number of nitrogens with zero attached hydrogens (tertiary/aromatic N) is 3. The van der Waals surface area contributed by atoms with Gasteiger partial charge in [-0.3, -0.25) is 9.78 Å². The molecular weight excluding hydrogens is 480 g/mol. The van der Waals surface area contributed by atoms with Crippen molar-refractivity contribution < 1.29 is 33.6 Å². The summed E-state index contributed by atoms with van der Waals surface area (Å²) in [6.45, 7) is 0.170. The molecule has 2 amide bonds. The van der Waals surface area contributed by atoms with Gasteiger partial charge in [-0.25, -0.2) is 14.7 Å². The van der Waals surface area contributed by atoms with Crippen LogP contribution in [0.15, 0.2) is 72.4 Å². The van der Waals surface area contributed by atoms with Crippen LogP contribution in [0.3, 0.4) is 0 Å². The molecule has 2 aliphatic heterocycles. The molecule has 2 atom stereocenters. The van der Waals surface area contributed by atoms with E-state index in [0.29, 0.717) is 28.2 Å². The Morgan fingerprint density at radius 2 is 2.22 bits per heavy atom. The Balaban J connectivity index is 1.15. The fourth-order valence-electron chi connectivity index (χ4n) is 4.16. The standard InChI is InChI=1S/C26H26N4O7/c1-34-22-8-7-19-24(29-22)17(9-10-27-19)11-20(31)25(32)28-12-18-13-30(26(33)36-18)23-15-35-14-21(37-23)16-5-3-2-4-6-16/h2-3,5,7-10,14-15,18,20,31H,4,6,11-13H2,1H3,(H,28,32)/t18-,20?/m1/s1. The second-order valence-corrected chi connectivity index (χ2v) is 8.61. The van der Waals surface area contributed by atoms with Crippen LogP contribution in [-0.4, -0.2) is 64.4 Å². The van der Waals surface area contributed by atoms with Crippen molar-refractivity contribution in [3.05, 3.63) is 77.9 Å². The molecule has 0 spiro atoms. The average molecular weight is 507 g/mol. The second-order valence-electron chi connectivity index (χ2n) is 8.61. The van der Waals surface area contributed by atoms with E-state index >= 15 is 0 Å². The molecule has 2 aromatic heterocycles. The molecule has 0 saturated carbocycles. The van der Waals surface area contributed by atoms with Crippen molar-refractivity contribution >= 4 is 23.0 Å². The van der Waals surface area contributed by atoms with E-state index < -0.39 is 24.2 Å². The lowest BCUT2D eigenvalue weighted by Gasteiger charge is -2.23. The summed E-state index contributed by atoms with van der Waals surface area (Å²) in [5.74, 6) is 0.552. The molecule has 1 unspecified atom stereocenters. The van der Waals surface area contributed by atoms with Crippen molar-refractivity contribution in [1.29, 1.82) is 0 Å². The monoisotopic (exact) mass is 506 g/mol. The fourth-order valence-corrected chi connectivity index (χ4v) is 4.16. The molecule has 1 saturated heterocycles. The first-order chi connectivity index (χ1) is 18.0. The highest BCUT2D eigenvalue weighted by molar-refractivity contribution is 5.83. The van der Waals surface area contributed by atoms with Crippen molar-refractivity contribution in [2.45, 2.75) is 31.5 Å². The number of rotatable bonds is 8. The normalized spacial score (nSPS) is 19.7. The van der Waals surface area contributed by atoms with Crippen molar-refractivity contribution in [2.24, 2.45) is 0 Å². The van der Waals surface area contributed by atoms with Crippen LogP contribution in [0.1, 0.15) is 18.4 Å². The van der Waals surface area contributed by atoms with Crippen molar-refractivity contribution in [3.63, 3.8) is 0 Å². The summed E-state index contributed by atoms with van der Waals surface area (Å²) in [7, 11) is 1.51. The number of amides is 2.